The van der Waals surface area contributed by atoms with Gasteiger partial charge in [-0.15, -0.1) is 0 Å². The highest BCUT2D eigenvalue weighted by Crippen LogP contribution is 2.31. The number of amides is 2. The molecule has 0 aromatic heterocycles. The molecule has 1 N–H and O–H groups in total. The van der Waals surface area contributed by atoms with E-state index in [-0.39, 0.29) is 29.6 Å². The van der Waals surface area contributed by atoms with Gasteiger partial charge >= 0.3 is 6.03 Å². The first-order chi connectivity index (χ1) is 10.0. The number of hydrogen-bond acceptors (Lipinski definition) is 3. The van der Waals surface area contributed by atoms with E-state index in [0.717, 1.165) is 16.5 Å². The maximum Gasteiger partial charge on any atom is 0.322 e. The topological polar surface area (TPSA) is 66.5 Å². The summed E-state index contributed by atoms with van der Waals surface area (Å²) >= 11 is 0. The average molecular weight is 302 g/mol. The van der Waals surface area contributed by atoms with Gasteiger partial charge in [-0.3, -0.25) is 4.90 Å². The Morgan fingerprint density at radius 2 is 1.81 bits per heavy atom. The molecule has 2 atom stereocenters. The summed E-state index contributed by atoms with van der Waals surface area (Å²) in [6, 6.07) is 12.8. The highest BCUT2D eigenvalue weighted by atomic mass is 32.2. The van der Waals surface area contributed by atoms with Gasteiger partial charge in [0.05, 0.1) is 23.6 Å². The van der Waals surface area contributed by atoms with E-state index in [1.807, 2.05) is 42.5 Å². The molecule has 4 rings (SSSR count). The molecular formula is C15H14N2O3S. The number of carbonyl (C=O) groups is 1. The Labute approximate surface area is 122 Å². The molecule has 0 bridgehead atoms. The summed E-state index contributed by atoms with van der Waals surface area (Å²) in [5, 5.41) is 4.90. The molecule has 2 aromatic carbocycles. The first kappa shape index (κ1) is 12.6. The zero-order valence-corrected chi connectivity index (χ0v) is 12.0. The Morgan fingerprint density at radius 1 is 1.05 bits per heavy atom. The normalized spacial score (nSPS) is 26.9. The van der Waals surface area contributed by atoms with Crippen LogP contribution in [0.3, 0.4) is 0 Å². The van der Waals surface area contributed by atoms with Gasteiger partial charge in [0.2, 0.25) is 0 Å². The second-order valence-corrected chi connectivity index (χ2v) is 7.76. The standard InChI is InChI=1S/C15H14N2O3S/c18-15-16-13-8-21(19,20)9-14(13)17(15)12-6-5-10-3-1-2-4-11(10)7-12/h1-7,13-14H,8-9H2,(H,16,18)/t13-,14-/m1/s1. The fourth-order valence-electron chi connectivity index (χ4n) is 3.24. The van der Waals surface area contributed by atoms with Crippen molar-refractivity contribution < 1.29 is 13.2 Å². The van der Waals surface area contributed by atoms with Gasteiger partial charge in [-0.1, -0.05) is 30.3 Å². The van der Waals surface area contributed by atoms with Crippen molar-refractivity contribution in [3.63, 3.8) is 0 Å². The van der Waals surface area contributed by atoms with Crippen molar-refractivity contribution in [3.8, 4) is 0 Å². The predicted molar refractivity (Wildman–Crippen MR) is 81.2 cm³/mol. The van der Waals surface area contributed by atoms with Crippen LogP contribution in [-0.2, 0) is 9.84 Å². The minimum absolute atomic E-state index is 0.0310. The number of anilines is 1. The molecule has 6 heteroatoms. The molecule has 0 radical (unpaired) electrons. The zero-order chi connectivity index (χ0) is 14.6. The summed E-state index contributed by atoms with van der Waals surface area (Å²) in [6.45, 7) is 0. The smallest absolute Gasteiger partial charge is 0.322 e. The first-order valence-electron chi connectivity index (χ1n) is 6.82. The minimum Gasteiger partial charge on any atom is -0.332 e. The van der Waals surface area contributed by atoms with Crippen LogP contribution in [-0.4, -0.2) is 38.0 Å². The summed E-state index contributed by atoms with van der Waals surface area (Å²) in [6.07, 6.45) is 0. The van der Waals surface area contributed by atoms with Crippen LogP contribution in [0.15, 0.2) is 42.5 Å². The fourth-order valence-corrected chi connectivity index (χ4v) is 5.13. The zero-order valence-electron chi connectivity index (χ0n) is 11.2. The summed E-state index contributed by atoms with van der Waals surface area (Å²) in [5.74, 6) is 0.0662. The van der Waals surface area contributed by atoms with Crippen molar-refractivity contribution in [2.45, 2.75) is 12.1 Å². The molecule has 2 aliphatic heterocycles. The number of hydrogen-bond donors (Lipinski definition) is 1. The van der Waals surface area contributed by atoms with Crippen LogP contribution in [0.4, 0.5) is 10.5 Å². The molecule has 2 amide bonds. The van der Waals surface area contributed by atoms with E-state index in [1.165, 1.54) is 0 Å². The monoisotopic (exact) mass is 302 g/mol. The lowest BCUT2D eigenvalue weighted by Crippen LogP contribution is -2.36. The number of urea groups is 1. The van der Waals surface area contributed by atoms with Crippen LogP contribution in [0.25, 0.3) is 10.8 Å². The number of rotatable bonds is 1. The molecule has 0 aliphatic carbocycles. The molecule has 0 spiro atoms. The van der Waals surface area contributed by atoms with E-state index in [9.17, 15) is 13.2 Å². The quantitative estimate of drug-likeness (QED) is 0.813. The molecule has 2 fully saturated rings. The largest absolute Gasteiger partial charge is 0.332 e. The molecule has 0 saturated carbocycles. The molecule has 2 heterocycles. The Kier molecular flexibility index (Phi) is 2.53. The number of nitrogens with zero attached hydrogens (tertiary/aromatic N) is 1. The van der Waals surface area contributed by atoms with Crippen molar-refractivity contribution in [1.82, 2.24) is 5.32 Å². The van der Waals surface area contributed by atoms with E-state index < -0.39 is 9.84 Å². The maximum atomic E-state index is 12.2. The Bertz CT molecular complexity index is 847. The lowest BCUT2D eigenvalue weighted by atomic mass is 10.1. The molecule has 108 valence electrons. The van der Waals surface area contributed by atoms with Crippen molar-refractivity contribution in [2.75, 3.05) is 16.4 Å². The Hall–Kier alpha value is -2.08. The fraction of sp³-hybridized carbons (Fsp3) is 0.267. The van der Waals surface area contributed by atoms with E-state index in [4.69, 9.17) is 0 Å². The van der Waals surface area contributed by atoms with Gasteiger partial charge in [-0.05, 0) is 22.9 Å². The minimum atomic E-state index is -3.07. The third-order valence-corrected chi connectivity index (χ3v) is 5.91. The SMILES string of the molecule is O=C1N[C@@H]2CS(=O)(=O)C[C@H]2N1c1ccc2ccccc2c1. The van der Waals surface area contributed by atoms with Gasteiger partial charge in [0.25, 0.3) is 0 Å². The molecule has 0 unspecified atom stereocenters. The molecule has 21 heavy (non-hydrogen) atoms. The molecule has 5 nitrogen and oxygen atoms in total. The number of fused-ring (bicyclic) bond motifs is 2. The van der Waals surface area contributed by atoms with E-state index in [0.29, 0.717) is 0 Å². The van der Waals surface area contributed by atoms with Crippen LogP contribution >= 0.6 is 0 Å². The van der Waals surface area contributed by atoms with Gasteiger partial charge in [0, 0.05) is 5.69 Å². The van der Waals surface area contributed by atoms with E-state index in [2.05, 4.69) is 5.32 Å². The number of carbonyl (C=O) groups excluding carboxylic acids is 1. The number of benzene rings is 2. The number of sulfone groups is 1. The van der Waals surface area contributed by atoms with E-state index in [1.54, 1.807) is 4.90 Å². The van der Waals surface area contributed by atoms with Crippen LogP contribution < -0.4 is 10.2 Å². The highest BCUT2D eigenvalue weighted by Gasteiger charge is 2.49. The summed E-state index contributed by atoms with van der Waals surface area (Å²) < 4.78 is 23.5. The van der Waals surface area contributed by atoms with Crippen LogP contribution in [0.5, 0.6) is 0 Å². The van der Waals surface area contributed by atoms with Gasteiger partial charge < -0.3 is 5.32 Å². The molecule has 2 saturated heterocycles. The molecule has 2 aliphatic rings. The predicted octanol–water partition coefficient (Wildman–Crippen LogP) is 1.53. The highest BCUT2D eigenvalue weighted by molar-refractivity contribution is 7.91. The van der Waals surface area contributed by atoms with Gasteiger partial charge in [0.1, 0.15) is 0 Å². The van der Waals surface area contributed by atoms with Gasteiger partial charge in [-0.2, -0.15) is 0 Å². The van der Waals surface area contributed by atoms with Crippen LogP contribution in [0.1, 0.15) is 0 Å². The van der Waals surface area contributed by atoms with Crippen LogP contribution in [0, 0.1) is 0 Å². The second kappa shape index (κ2) is 4.21. The number of nitrogens with one attached hydrogen (secondary N) is 1. The average Bonchev–Trinajstić information content (AvgIpc) is 2.88. The van der Waals surface area contributed by atoms with Crippen molar-refractivity contribution in [2.24, 2.45) is 0 Å². The molecule has 2 aromatic rings. The third-order valence-electron chi connectivity index (χ3n) is 4.19. The maximum absolute atomic E-state index is 12.2. The summed E-state index contributed by atoms with van der Waals surface area (Å²) in [7, 11) is -3.07. The van der Waals surface area contributed by atoms with Crippen LogP contribution in [0.2, 0.25) is 0 Å². The van der Waals surface area contributed by atoms with Gasteiger partial charge in [0.15, 0.2) is 9.84 Å². The lowest BCUT2D eigenvalue weighted by Gasteiger charge is -2.21. The van der Waals surface area contributed by atoms with Crippen molar-refractivity contribution in [1.29, 1.82) is 0 Å². The Balaban J connectivity index is 1.78. The molecular weight excluding hydrogens is 288 g/mol. The van der Waals surface area contributed by atoms with Crippen molar-refractivity contribution in [3.05, 3.63) is 42.5 Å². The summed E-state index contributed by atoms with van der Waals surface area (Å²) in [4.78, 5) is 13.7. The third kappa shape index (κ3) is 1.98. The van der Waals surface area contributed by atoms with E-state index >= 15 is 0 Å². The van der Waals surface area contributed by atoms with Crippen molar-refractivity contribution >= 4 is 32.3 Å². The Morgan fingerprint density at radius 3 is 2.62 bits per heavy atom. The lowest BCUT2D eigenvalue weighted by molar-refractivity contribution is 0.251. The first-order valence-corrected chi connectivity index (χ1v) is 8.65. The second-order valence-electron chi connectivity index (χ2n) is 5.60. The van der Waals surface area contributed by atoms with Gasteiger partial charge in [-0.25, -0.2) is 13.2 Å². The summed E-state index contributed by atoms with van der Waals surface area (Å²) in [5.41, 5.74) is 0.746.